The number of aryl methyl sites for hydroxylation is 2. The van der Waals surface area contributed by atoms with Gasteiger partial charge in [0.15, 0.2) is 0 Å². The van der Waals surface area contributed by atoms with Crippen LogP contribution in [-0.2, 0) is 29.4 Å². The highest BCUT2D eigenvalue weighted by Crippen LogP contribution is 2.21. The van der Waals surface area contributed by atoms with Crippen molar-refractivity contribution >= 4 is 17.4 Å². The summed E-state index contributed by atoms with van der Waals surface area (Å²) < 4.78 is 7.48. The van der Waals surface area contributed by atoms with Gasteiger partial charge in [-0.15, -0.1) is 0 Å². The lowest BCUT2D eigenvalue weighted by molar-refractivity contribution is -0.120. The lowest BCUT2D eigenvalue weighted by Crippen LogP contribution is -2.32. The fraction of sp³-hybridized carbons (Fsp3) is 0.733. The molecule has 0 saturated carbocycles. The van der Waals surface area contributed by atoms with Gasteiger partial charge in [-0.3, -0.25) is 9.48 Å². The SMILES string of the molecule is CCc1nn(C)c(CC(=O)CCOC2CCNCC2)c1Cl. The summed E-state index contributed by atoms with van der Waals surface area (Å²) in [6, 6.07) is 0. The number of rotatable bonds is 7. The third kappa shape index (κ3) is 4.53. The minimum Gasteiger partial charge on any atom is -0.378 e. The van der Waals surface area contributed by atoms with Crippen molar-refractivity contribution in [3.05, 3.63) is 16.4 Å². The summed E-state index contributed by atoms with van der Waals surface area (Å²) in [5.41, 5.74) is 1.66. The predicted molar refractivity (Wildman–Crippen MR) is 82.8 cm³/mol. The van der Waals surface area contributed by atoms with Crippen LogP contribution in [0.4, 0.5) is 0 Å². The van der Waals surface area contributed by atoms with Gasteiger partial charge in [0, 0.05) is 19.9 Å². The maximum Gasteiger partial charge on any atom is 0.141 e. The molecule has 0 aromatic carbocycles. The summed E-state index contributed by atoms with van der Waals surface area (Å²) in [5, 5.41) is 8.26. The van der Waals surface area contributed by atoms with E-state index in [1.807, 2.05) is 14.0 Å². The van der Waals surface area contributed by atoms with E-state index in [0.717, 1.165) is 43.7 Å². The molecule has 21 heavy (non-hydrogen) atoms. The van der Waals surface area contributed by atoms with E-state index in [4.69, 9.17) is 16.3 Å². The first-order valence-electron chi connectivity index (χ1n) is 7.66. The minimum absolute atomic E-state index is 0.150. The second kappa shape index (κ2) is 7.92. The van der Waals surface area contributed by atoms with E-state index < -0.39 is 0 Å². The second-order valence-electron chi connectivity index (χ2n) is 5.47. The molecule has 0 bridgehead atoms. The number of piperidine rings is 1. The van der Waals surface area contributed by atoms with Crippen molar-refractivity contribution in [2.45, 2.75) is 45.1 Å². The number of carbonyl (C=O) groups excluding carboxylic acids is 1. The fourth-order valence-corrected chi connectivity index (χ4v) is 2.95. The molecule has 0 spiro atoms. The largest absolute Gasteiger partial charge is 0.378 e. The van der Waals surface area contributed by atoms with Crippen molar-refractivity contribution in [3.63, 3.8) is 0 Å². The highest BCUT2D eigenvalue weighted by atomic mass is 35.5. The van der Waals surface area contributed by atoms with E-state index in [1.165, 1.54) is 0 Å². The molecule has 118 valence electrons. The number of carbonyl (C=O) groups is 1. The molecular formula is C15H24ClN3O2. The maximum atomic E-state index is 12.1. The Morgan fingerprint density at radius 1 is 1.48 bits per heavy atom. The van der Waals surface area contributed by atoms with Crippen LogP contribution in [0.1, 0.15) is 37.6 Å². The Bertz CT molecular complexity index is 482. The van der Waals surface area contributed by atoms with Crippen LogP contribution >= 0.6 is 11.6 Å². The predicted octanol–water partition coefficient (Wildman–Crippen LogP) is 1.91. The average molecular weight is 314 g/mol. The van der Waals surface area contributed by atoms with E-state index in [-0.39, 0.29) is 5.78 Å². The Kier molecular flexibility index (Phi) is 6.21. The molecule has 2 rings (SSSR count). The molecule has 5 nitrogen and oxygen atoms in total. The average Bonchev–Trinajstić information content (AvgIpc) is 2.76. The van der Waals surface area contributed by atoms with E-state index in [0.29, 0.717) is 30.6 Å². The molecule has 1 aromatic rings. The van der Waals surface area contributed by atoms with Crippen molar-refractivity contribution in [3.8, 4) is 0 Å². The van der Waals surface area contributed by atoms with Crippen LogP contribution in [0.3, 0.4) is 0 Å². The third-order valence-corrected chi connectivity index (χ3v) is 4.32. The Labute approximate surface area is 131 Å². The van der Waals surface area contributed by atoms with Gasteiger partial charge in [-0.1, -0.05) is 18.5 Å². The molecule has 1 fully saturated rings. The molecule has 1 saturated heterocycles. The number of hydrogen-bond donors (Lipinski definition) is 1. The summed E-state index contributed by atoms with van der Waals surface area (Å²) in [7, 11) is 1.83. The molecule has 0 atom stereocenters. The quantitative estimate of drug-likeness (QED) is 0.835. The van der Waals surface area contributed by atoms with Gasteiger partial charge in [0.25, 0.3) is 0 Å². The van der Waals surface area contributed by atoms with E-state index >= 15 is 0 Å². The topological polar surface area (TPSA) is 56.2 Å². The van der Waals surface area contributed by atoms with Crippen molar-refractivity contribution < 1.29 is 9.53 Å². The van der Waals surface area contributed by atoms with Crippen LogP contribution < -0.4 is 5.32 Å². The van der Waals surface area contributed by atoms with Crippen LogP contribution in [-0.4, -0.2) is 41.4 Å². The lowest BCUT2D eigenvalue weighted by Gasteiger charge is -2.22. The third-order valence-electron chi connectivity index (χ3n) is 3.89. The number of hydrogen-bond acceptors (Lipinski definition) is 4. The summed E-state index contributed by atoms with van der Waals surface area (Å²) in [5.74, 6) is 0.150. The van der Waals surface area contributed by atoms with Gasteiger partial charge >= 0.3 is 0 Å². The highest BCUT2D eigenvalue weighted by molar-refractivity contribution is 6.32. The monoisotopic (exact) mass is 313 g/mol. The number of ether oxygens (including phenoxy) is 1. The van der Waals surface area contributed by atoms with Crippen molar-refractivity contribution in [2.24, 2.45) is 7.05 Å². The Balaban J connectivity index is 1.77. The van der Waals surface area contributed by atoms with Gasteiger partial charge in [0.2, 0.25) is 0 Å². The number of nitrogens with one attached hydrogen (secondary N) is 1. The maximum absolute atomic E-state index is 12.1. The molecule has 1 aliphatic rings. The number of Topliss-reactive ketones (excluding diaryl/α,β-unsaturated/α-hetero) is 1. The van der Waals surface area contributed by atoms with Crippen LogP contribution in [0.15, 0.2) is 0 Å². The number of nitrogens with zero attached hydrogens (tertiary/aromatic N) is 2. The van der Waals surface area contributed by atoms with Crippen molar-refractivity contribution in [1.29, 1.82) is 0 Å². The van der Waals surface area contributed by atoms with E-state index in [2.05, 4.69) is 10.4 Å². The van der Waals surface area contributed by atoms with E-state index in [1.54, 1.807) is 4.68 Å². The summed E-state index contributed by atoms with van der Waals surface area (Å²) >= 11 is 6.26. The molecule has 6 heteroatoms. The molecule has 1 N–H and O–H groups in total. The van der Waals surface area contributed by atoms with Gasteiger partial charge in [-0.25, -0.2) is 0 Å². The molecule has 1 aromatic heterocycles. The summed E-state index contributed by atoms with van der Waals surface area (Å²) in [4.78, 5) is 12.1. The molecule has 0 unspecified atom stereocenters. The smallest absolute Gasteiger partial charge is 0.141 e. The minimum atomic E-state index is 0.150. The first-order valence-corrected chi connectivity index (χ1v) is 8.03. The van der Waals surface area contributed by atoms with Crippen LogP contribution in [0.5, 0.6) is 0 Å². The number of ketones is 1. The first kappa shape index (κ1) is 16.5. The van der Waals surface area contributed by atoms with E-state index in [9.17, 15) is 4.79 Å². The van der Waals surface area contributed by atoms with Gasteiger partial charge < -0.3 is 10.1 Å². The Morgan fingerprint density at radius 3 is 2.81 bits per heavy atom. The zero-order valence-electron chi connectivity index (χ0n) is 12.8. The lowest BCUT2D eigenvalue weighted by atomic mass is 10.1. The molecular weight excluding hydrogens is 290 g/mol. The molecule has 2 heterocycles. The number of halogens is 1. The number of aromatic nitrogens is 2. The van der Waals surface area contributed by atoms with Gasteiger partial charge in [-0.2, -0.15) is 5.10 Å². The molecule has 0 radical (unpaired) electrons. The highest BCUT2D eigenvalue weighted by Gasteiger charge is 2.17. The summed E-state index contributed by atoms with van der Waals surface area (Å²) in [6.07, 6.45) is 3.90. The summed E-state index contributed by atoms with van der Waals surface area (Å²) in [6.45, 7) is 4.51. The van der Waals surface area contributed by atoms with Crippen LogP contribution in [0.2, 0.25) is 5.02 Å². The fourth-order valence-electron chi connectivity index (χ4n) is 2.59. The van der Waals surface area contributed by atoms with Gasteiger partial charge in [0.05, 0.1) is 29.1 Å². The van der Waals surface area contributed by atoms with Crippen molar-refractivity contribution in [1.82, 2.24) is 15.1 Å². The zero-order chi connectivity index (χ0) is 15.2. The van der Waals surface area contributed by atoms with Crippen LogP contribution in [0.25, 0.3) is 0 Å². The van der Waals surface area contributed by atoms with Crippen LogP contribution in [0, 0.1) is 0 Å². The first-order chi connectivity index (χ1) is 10.1. The Morgan fingerprint density at radius 2 is 2.19 bits per heavy atom. The Hall–Kier alpha value is -0.910. The molecule has 0 amide bonds. The van der Waals surface area contributed by atoms with Gasteiger partial charge in [0.1, 0.15) is 5.78 Å². The standard InChI is InChI=1S/C15H24ClN3O2/c1-3-13-15(16)14(19(2)18-13)10-11(20)6-9-21-12-4-7-17-8-5-12/h12,17H,3-10H2,1-2H3. The second-order valence-corrected chi connectivity index (χ2v) is 5.85. The van der Waals surface area contributed by atoms with Gasteiger partial charge in [-0.05, 0) is 32.4 Å². The molecule has 1 aliphatic heterocycles. The zero-order valence-corrected chi connectivity index (χ0v) is 13.6. The van der Waals surface area contributed by atoms with Crippen molar-refractivity contribution in [2.75, 3.05) is 19.7 Å². The normalized spacial score (nSPS) is 16.3. The molecule has 0 aliphatic carbocycles.